The fourth-order valence-electron chi connectivity index (χ4n) is 1.46. The van der Waals surface area contributed by atoms with Crippen molar-refractivity contribution in [3.8, 4) is 0 Å². The first-order chi connectivity index (χ1) is 7.57. The SMILES string of the molecule is CCCCCCCC(=O)N(C)CCC(=O)O. The third kappa shape index (κ3) is 8.26. The lowest BCUT2D eigenvalue weighted by molar-refractivity contribution is -0.138. The smallest absolute Gasteiger partial charge is 0.305 e. The lowest BCUT2D eigenvalue weighted by Crippen LogP contribution is -2.28. The van der Waals surface area contributed by atoms with E-state index >= 15 is 0 Å². The van der Waals surface area contributed by atoms with Gasteiger partial charge in [0.15, 0.2) is 0 Å². The molecule has 0 atom stereocenters. The van der Waals surface area contributed by atoms with E-state index < -0.39 is 5.97 Å². The van der Waals surface area contributed by atoms with E-state index in [-0.39, 0.29) is 12.3 Å². The van der Waals surface area contributed by atoms with E-state index in [2.05, 4.69) is 6.92 Å². The number of rotatable bonds is 9. The zero-order chi connectivity index (χ0) is 12.4. The van der Waals surface area contributed by atoms with E-state index in [1.54, 1.807) is 7.05 Å². The molecule has 0 unspecified atom stereocenters. The van der Waals surface area contributed by atoms with Gasteiger partial charge in [-0.3, -0.25) is 9.59 Å². The van der Waals surface area contributed by atoms with Crippen molar-refractivity contribution in [2.45, 2.75) is 51.9 Å². The van der Waals surface area contributed by atoms with Crippen LogP contribution in [-0.4, -0.2) is 35.5 Å². The number of hydrogen-bond acceptors (Lipinski definition) is 2. The van der Waals surface area contributed by atoms with E-state index in [0.29, 0.717) is 13.0 Å². The summed E-state index contributed by atoms with van der Waals surface area (Å²) in [4.78, 5) is 23.3. The summed E-state index contributed by atoms with van der Waals surface area (Å²) < 4.78 is 0. The quantitative estimate of drug-likeness (QED) is 0.617. The Labute approximate surface area is 97.6 Å². The van der Waals surface area contributed by atoms with Gasteiger partial charge in [-0.25, -0.2) is 0 Å². The summed E-state index contributed by atoms with van der Waals surface area (Å²) in [6.45, 7) is 2.47. The fourth-order valence-corrected chi connectivity index (χ4v) is 1.46. The Bertz CT molecular complexity index is 216. The van der Waals surface area contributed by atoms with Crippen molar-refractivity contribution in [1.82, 2.24) is 4.90 Å². The van der Waals surface area contributed by atoms with Gasteiger partial charge in [-0.05, 0) is 6.42 Å². The van der Waals surface area contributed by atoms with Gasteiger partial charge in [0.25, 0.3) is 0 Å². The van der Waals surface area contributed by atoms with Crippen LogP contribution in [0.25, 0.3) is 0 Å². The standard InChI is InChI=1S/C12H23NO3/c1-3-4-5-6-7-8-11(14)13(2)10-9-12(15)16/h3-10H2,1-2H3,(H,15,16). The number of carboxylic acid groups (broad SMARTS) is 1. The predicted molar refractivity (Wildman–Crippen MR) is 63.3 cm³/mol. The Morgan fingerprint density at radius 2 is 1.69 bits per heavy atom. The van der Waals surface area contributed by atoms with Gasteiger partial charge in [0, 0.05) is 20.0 Å². The zero-order valence-corrected chi connectivity index (χ0v) is 10.4. The third-order valence-electron chi connectivity index (χ3n) is 2.58. The minimum Gasteiger partial charge on any atom is -0.481 e. The third-order valence-corrected chi connectivity index (χ3v) is 2.58. The normalized spacial score (nSPS) is 10.1. The van der Waals surface area contributed by atoms with E-state index in [1.807, 2.05) is 0 Å². The second-order valence-corrected chi connectivity index (χ2v) is 4.12. The topological polar surface area (TPSA) is 57.6 Å². The molecule has 0 fully saturated rings. The van der Waals surface area contributed by atoms with Crippen molar-refractivity contribution in [1.29, 1.82) is 0 Å². The van der Waals surface area contributed by atoms with Gasteiger partial charge in [0.05, 0.1) is 6.42 Å². The van der Waals surface area contributed by atoms with Crippen molar-refractivity contribution in [2.75, 3.05) is 13.6 Å². The summed E-state index contributed by atoms with van der Waals surface area (Å²) in [7, 11) is 1.66. The highest BCUT2D eigenvalue weighted by Crippen LogP contribution is 2.06. The maximum absolute atomic E-state index is 11.5. The largest absolute Gasteiger partial charge is 0.481 e. The zero-order valence-electron chi connectivity index (χ0n) is 10.4. The molecule has 4 heteroatoms. The molecule has 1 N–H and O–H groups in total. The molecule has 0 spiro atoms. The van der Waals surface area contributed by atoms with Crippen LogP contribution in [0.2, 0.25) is 0 Å². The molecule has 0 aliphatic heterocycles. The Kier molecular flexibility index (Phi) is 8.58. The number of unbranched alkanes of at least 4 members (excludes halogenated alkanes) is 4. The van der Waals surface area contributed by atoms with Crippen LogP contribution in [0.4, 0.5) is 0 Å². The highest BCUT2D eigenvalue weighted by atomic mass is 16.4. The minimum atomic E-state index is -0.859. The van der Waals surface area contributed by atoms with Crippen LogP contribution in [0.3, 0.4) is 0 Å². The number of amides is 1. The minimum absolute atomic E-state index is 0.0259. The summed E-state index contributed by atoms with van der Waals surface area (Å²) in [5, 5.41) is 8.48. The first-order valence-corrected chi connectivity index (χ1v) is 6.03. The van der Waals surface area contributed by atoms with Gasteiger partial charge >= 0.3 is 5.97 Å². The molecule has 0 saturated carbocycles. The number of carbonyl (C=O) groups excluding carboxylic acids is 1. The molecule has 0 aliphatic carbocycles. The highest BCUT2D eigenvalue weighted by molar-refractivity contribution is 5.76. The second kappa shape index (κ2) is 9.19. The number of carboxylic acids is 1. The summed E-state index contributed by atoms with van der Waals surface area (Å²) in [6, 6.07) is 0. The van der Waals surface area contributed by atoms with Gasteiger partial charge in [0.2, 0.25) is 5.91 Å². The molecule has 0 heterocycles. The molecule has 0 rings (SSSR count). The van der Waals surface area contributed by atoms with E-state index in [4.69, 9.17) is 5.11 Å². The highest BCUT2D eigenvalue weighted by Gasteiger charge is 2.09. The Hall–Kier alpha value is -1.06. The van der Waals surface area contributed by atoms with Crippen molar-refractivity contribution in [3.63, 3.8) is 0 Å². The monoisotopic (exact) mass is 229 g/mol. The molecule has 94 valence electrons. The van der Waals surface area contributed by atoms with Crippen molar-refractivity contribution >= 4 is 11.9 Å². The lowest BCUT2D eigenvalue weighted by atomic mass is 10.1. The van der Waals surface area contributed by atoms with Crippen molar-refractivity contribution in [3.05, 3.63) is 0 Å². The van der Waals surface area contributed by atoms with Crippen LogP contribution >= 0.6 is 0 Å². The van der Waals surface area contributed by atoms with E-state index in [0.717, 1.165) is 12.8 Å². The Morgan fingerprint density at radius 1 is 1.06 bits per heavy atom. The fraction of sp³-hybridized carbons (Fsp3) is 0.833. The van der Waals surface area contributed by atoms with E-state index in [9.17, 15) is 9.59 Å². The second-order valence-electron chi connectivity index (χ2n) is 4.12. The van der Waals surface area contributed by atoms with Crippen molar-refractivity contribution in [2.24, 2.45) is 0 Å². The average Bonchev–Trinajstić information content (AvgIpc) is 2.25. The lowest BCUT2D eigenvalue weighted by Gasteiger charge is -2.15. The van der Waals surface area contributed by atoms with Crippen LogP contribution in [-0.2, 0) is 9.59 Å². The van der Waals surface area contributed by atoms with Crippen LogP contribution in [0.1, 0.15) is 51.9 Å². The maximum Gasteiger partial charge on any atom is 0.305 e. The van der Waals surface area contributed by atoms with E-state index in [1.165, 1.54) is 24.2 Å². The molecule has 0 aromatic carbocycles. The molecular formula is C12H23NO3. The molecular weight excluding hydrogens is 206 g/mol. The van der Waals surface area contributed by atoms with Gasteiger partial charge in [-0.1, -0.05) is 32.6 Å². The Balaban J connectivity index is 3.51. The predicted octanol–water partition coefficient (Wildman–Crippen LogP) is 2.28. The summed E-state index contributed by atoms with van der Waals surface area (Å²) in [5.41, 5.74) is 0. The number of carbonyl (C=O) groups is 2. The summed E-state index contributed by atoms with van der Waals surface area (Å²) in [5.74, 6) is -0.805. The van der Waals surface area contributed by atoms with Crippen LogP contribution in [0, 0.1) is 0 Å². The van der Waals surface area contributed by atoms with Crippen LogP contribution in [0.15, 0.2) is 0 Å². The molecule has 0 aliphatic rings. The molecule has 0 saturated heterocycles. The number of nitrogens with zero attached hydrogens (tertiary/aromatic N) is 1. The Morgan fingerprint density at radius 3 is 2.25 bits per heavy atom. The molecule has 0 aromatic heterocycles. The van der Waals surface area contributed by atoms with Crippen LogP contribution in [0.5, 0.6) is 0 Å². The van der Waals surface area contributed by atoms with Crippen LogP contribution < -0.4 is 0 Å². The van der Waals surface area contributed by atoms with Gasteiger partial charge < -0.3 is 10.0 Å². The van der Waals surface area contributed by atoms with Gasteiger partial charge in [0.1, 0.15) is 0 Å². The molecule has 0 radical (unpaired) electrons. The number of aliphatic carboxylic acids is 1. The summed E-state index contributed by atoms with van der Waals surface area (Å²) >= 11 is 0. The number of hydrogen-bond donors (Lipinski definition) is 1. The first-order valence-electron chi connectivity index (χ1n) is 6.03. The maximum atomic E-state index is 11.5. The molecule has 0 bridgehead atoms. The molecule has 4 nitrogen and oxygen atoms in total. The molecule has 0 aromatic rings. The molecule has 16 heavy (non-hydrogen) atoms. The molecule has 1 amide bonds. The van der Waals surface area contributed by atoms with Gasteiger partial charge in [-0.2, -0.15) is 0 Å². The summed E-state index contributed by atoms with van der Waals surface area (Å²) in [6.07, 6.45) is 6.18. The first kappa shape index (κ1) is 14.9. The average molecular weight is 229 g/mol. The van der Waals surface area contributed by atoms with Crippen molar-refractivity contribution < 1.29 is 14.7 Å². The van der Waals surface area contributed by atoms with Gasteiger partial charge in [-0.15, -0.1) is 0 Å².